The lowest BCUT2D eigenvalue weighted by Gasteiger charge is -1.98. The molecule has 18 heavy (non-hydrogen) atoms. The molecule has 2 aromatic heterocycles. The maximum absolute atomic E-state index is 11.2. The molecule has 0 unspecified atom stereocenters. The summed E-state index contributed by atoms with van der Waals surface area (Å²) in [4.78, 5) is 16.6. The van der Waals surface area contributed by atoms with Crippen LogP contribution in [-0.2, 0) is 13.0 Å². The second-order valence-electron chi connectivity index (χ2n) is 4.21. The van der Waals surface area contributed by atoms with Crippen molar-refractivity contribution >= 4 is 11.0 Å². The molecule has 1 aromatic carbocycles. The largest absolute Gasteiger partial charge is 0.464 e. The molecular formula is C13H13N3O2. The first kappa shape index (κ1) is 10.9. The molecule has 0 aliphatic carbocycles. The van der Waals surface area contributed by atoms with Gasteiger partial charge in [0, 0.05) is 6.42 Å². The topological polar surface area (TPSA) is 87.8 Å². The van der Waals surface area contributed by atoms with Crippen LogP contribution in [0.3, 0.4) is 0 Å². The lowest BCUT2D eigenvalue weighted by molar-refractivity contribution is 0.475. The maximum Gasteiger partial charge on any atom is 0.323 e. The lowest BCUT2D eigenvalue weighted by Crippen LogP contribution is -1.99. The predicted molar refractivity (Wildman–Crippen MR) is 68.3 cm³/mol. The summed E-state index contributed by atoms with van der Waals surface area (Å²) in [5, 5.41) is 0. The average molecular weight is 243 g/mol. The summed E-state index contributed by atoms with van der Waals surface area (Å²) >= 11 is 0. The molecule has 3 rings (SSSR count). The summed E-state index contributed by atoms with van der Waals surface area (Å²) < 4.78 is 5.55. The Morgan fingerprint density at radius 1 is 1.06 bits per heavy atom. The summed E-state index contributed by atoms with van der Waals surface area (Å²) in [6, 6.07) is 9.60. The van der Waals surface area contributed by atoms with Crippen molar-refractivity contribution in [3.05, 3.63) is 57.9 Å². The number of fused-ring (bicyclic) bond motifs is 1. The molecule has 92 valence electrons. The van der Waals surface area contributed by atoms with Crippen LogP contribution < -0.4 is 11.4 Å². The van der Waals surface area contributed by atoms with Crippen LogP contribution in [0.4, 0.5) is 0 Å². The first-order chi connectivity index (χ1) is 8.74. The molecule has 5 nitrogen and oxygen atoms in total. The number of hydrogen-bond donors (Lipinski definition) is 3. The standard InChI is InChI=1S/C13H13N3O2/c14-7-10-3-2-9(18-10)5-8-1-4-11-12(6-8)16-13(17)15-11/h1-4,6H,5,7,14H2,(H2,15,16,17). The highest BCUT2D eigenvalue weighted by Crippen LogP contribution is 2.16. The van der Waals surface area contributed by atoms with E-state index < -0.39 is 0 Å². The minimum Gasteiger partial charge on any atom is -0.464 e. The fraction of sp³-hybridized carbons (Fsp3) is 0.154. The van der Waals surface area contributed by atoms with E-state index in [1.807, 2.05) is 30.3 Å². The van der Waals surface area contributed by atoms with Crippen LogP contribution in [0.15, 0.2) is 39.5 Å². The van der Waals surface area contributed by atoms with Gasteiger partial charge in [-0.3, -0.25) is 0 Å². The first-order valence-corrected chi connectivity index (χ1v) is 5.73. The van der Waals surface area contributed by atoms with E-state index >= 15 is 0 Å². The van der Waals surface area contributed by atoms with Gasteiger partial charge < -0.3 is 20.1 Å². The van der Waals surface area contributed by atoms with Crippen molar-refractivity contribution in [3.8, 4) is 0 Å². The molecule has 0 radical (unpaired) electrons. The third-order valence-electron chi connectivity index (χ3n) is 2.88. The third-order valence-corrected chi connectivity index (χ3v) is 2.88. The Labute approximate surface area is 103 Å². The van der Waals surface area contributed by atoms with Gasteiger partial charge in [-0.2, -0.15) is 0 Å². The number of rotatable bonds is 3. The Morgan fingerprint density at radius 2 is 1.83 bits per heavy atom. The van der Waals surface area contributed by atoms with Gasteiger partial charge in [0.05, 0.1) is 17.6 Å². The zero-order valence-corrected chi connectivity index (χ0v) is 9.69. The molecule has 2 heterocycles. The molecule has 0 atom stereocenters. The highest BCUT2D eigenvalue weighted by molar-refractivity contribution is 5.75. The van der Waals surface area contributed by atoms with E-state index in [0.717, 1.165) is 28.1 Å². The average Bonchev–Trinajstić information content (AvgIpc) is 2.94. The van der Waals surface area contributed by atoms with Gasteiger partial charge in [0.1, 0.15) is 11.5 Å². The zero-order valence-electron chi connectivity index (χ0n) is 9.69. The van der Waals surface area contributed by atoms with Gasteiger partial charge in [0.15, 0.2) is 0 Å². The molecule has 0 spiro atoms. The first-order valence-electron chi connectivity index (χ1n) is 5.73. The highest BCUT2D eigenvalue weighted by atomic mass is 16.3. The van der Waals surface area contributed by atoms with Crippen molar-refractivity contribution in [2.45, 2.75) is 13.0 Å². The molecule has 0 saturated heterocycles. The number of imidazole rings is 1. The molecular weight excluding hydrogens is 230 g/mol. The number of nitrogens with one attached hydrogen (secondary N) is 2. The summed E-state index contributed by atoms with van der Waals surface area (Å²) in [5.41, 5.74) is 8.01. The molecule has 0 aliphatic heterocycles. The Bertz CT molecular complexity index is 736. The maximum atomic E-state index is 11.2. The smallest absolute Gasteiger partial charge is 0.323 e. The number of hydrogen-bond acceptors (Lipinski definition) is 3. The lowest BCUT2D eigenvalue weighted by atomic mass is 10.1. The van der Waals surface area contributed by atoms with Crippen LogP contribution in [0.1, 0.15) is 17.1 Å². The van der Waals surface area contributed by atoms with Gasteiger partial charge in [0.25, 0.3) is 0 Å². The van der Waals surface area contributed by atoms with Crippen LogP contribution in [0.25, 0.3) is 11.0 Å². The predicted octanol–water partition coefficient (Wildman–Crippen LogP) is 1.50. The Hall–Kier alpha value is -2.27. The normalized spacial score (nSPS) is 11.2. The van der Waals surface area contributed by atoms with Crippen molar-refractivity contribution < 1.29 is 4.42 Å². The van der Waals surface area contributed by atoms with Gasteiger partial charge in [0.2, 0.25) is 0 Å². The zero-order chi connectivity index (χ0) is 12.5. The van der Waals surface area contributed by atoms with Crippen molar-refractivity contribution in [1.29, 1.82) is 0 Å². The Balaban J connectivity index is 1.91. The number of furan rings is 1. The number of aromatic amines is 2. The summed E-state index contributed by atoms with van der Waals surface area (Å²) in [6.07, 6.45) is 0.684. The van der Waals surface area contributed by atoms with E-state index in [2.05, 4.69) is 9.97 Å². The number of H-pyrrole nitrogens is 2. The summed E-state index contributed by atoms with van der Waals surface area (Å²) in [5.74, 6) is 1.65. The molecule has 0 aliphatic rings. The van der Waals surface area contributed by atoms with Gasteiger partial charge >= 0.3 is 5.69 Å². The summed E-state index contributed by atoms with van der Waals surface area (Å²) in [6.45, 7) is 0.407. The number of nitrogens with two attached hydrogens (primary N) is 1. The minimum atomic E-state index is -0.189. The van der Waals surface area contributed by atoms with Crippen molar-refractivity contribution in [2.75, 3.05) is 0 Å². The second kappa shape index (κ2) is 4.19. The molecule has 0 amide bonds. The van der Waals surface area contributed by atoms with E-state index in [9.17, 15) is 4.79 Å². The fourth-order valence-electron chi connectivity index (χ4n) is 2.02. The van der Waals surface area contributed by atoms with Crippen LogP contribution >= 0.6 is 0 Å². The summed E-state index contributed by atoms with van der Waals surface area (Å²) in [7, 11) is 0. The van der Waals surface area contributed by atoms with Crippen molar-refractivity contribution in [3.63, 3.8) is 0 Å². The monoisotopic (exact) mass is 243 g/mol. The Kier molecular flexibility index (Phi) is 2.53. The molecule has 5 heteroatoms. The Morgan fingerprint density at radius 3 is 2.61 bits per heavy atom. The van der Waals surface area contributed by atoms with Crippen LogP contribution in [-0.4, -0.2) is 9.97 Å². The molecule has 4 N–H and O–H groups in total. The van der Waals surface area contributed by atoms with Crippen LogP contribution in [0, 0.1) is 0 Å². The second-order valence-corrected chi connectivity index (χ2v) is 4.21. The van der Waals surface area contributed by atoms with E-state index in [1.54, 1.807) is 0 Å². The van der Waals surface area contributed by atoms with Gasteiger partial charge in [-0.05, 0) is 29.8 Å². The van der Waals surface area contributed by atoms with Crippen LogP contribution in [0.5, 0.6) is 0 Å². The quantitative estimate of drug-likeness (QED) is 0.651. The molecule has 3 aromatic rings. The minimum absolute atomic E-state index is 0.189. The van der Waals surface area contributed by atoms with Crippen molar-refractivity contribution in [1.82, 2.24) is 9.97 Å². The SMILES string of the molecule is NCc1ccc(Cc2ccc3[nH]c(=O)[nH]c3c2)o1. The number of benzene rings is 1. The van der Waals surface area contributed by atoms with Gasteiger partial charge in [-0.15, -0.1) is 0 Å². The molecule has 0 saturated carbocycles. The van der Waals surface area contributed by atoms with Gasteiger partial charge in [-0.1, -0.05) is 6.07 Å². The van der Waals surface area contributed by atoms with E-state index in [0.29, 0.717) is 13.0 Å². The van der Waals surface area contributed by atoms with Crippen LogP contribution in [0.2, 0.25) is 0 Å². The van der Waals surface area contributed by atoms with E-state index in [4.69, 9.17) is 10.2 Å². The highest BCUT2D eigenvalue weighted by Gasteiger charge is 2.04. The van der Waals surface area contributed by atoms with Gasteiger partial charge in [-0.25, -0.2) is 4.79 Å². The van der Waals surface area contributed by atoms with Crippen molar-refractivity contribution in [2.24, 2.45) is 5.73 Å². The van der Waals surface area contributed by atoms with E-state index in [-0.39, 0.29) is 5.69 Å². The molecule has 0 bridgehead atoms. The third kappa shape index (κ3) is 1.96. The molecule has 0 fully saturated rings. The number of aromatic nitrogens is 2. The fourth-order valence-corrected chi connectivity index (χ4v) is 2.02. The van der Waals surface area contributed by atoms with E-state index in [1.165, 1.54) is 0 Å².